The Balaban J connectivity index is 1.53. The zero-order chi connectivity index (χ0) is 31.9. The Morgan fingerprint density at radius 3 is 2.66 bits per heavy atom. The summed E-state index contributed by atoms with van der Waals surface area (Å²) in [6.45, 7) is 9.44. The molecule has 11 heteroatoms. The molecule has 0 spiro atoms. The number of pyridine rings is 2. The predicted octanol–water partition coefficient (Wildman–Crippen LogP) is 3.38. The summed E-state index contributed by atoms with van der Waals surface area (Å²) in [5.41, 5.74) is 1.81. The molecule has 0 saturated carbocycles. The fraction of sp³-hybridized carbons (Fsp3) is 0.515. The number of nitrogens with one attached hydrogen (secondary N) is 1. The van der Waals surface area contributed by atoms with E-state index in [-0.39, 0.29) is 48.0 Å². The lowest BCUT2D eigenvalue weighted by molar-refractivity contribution is -0.172. The Kier molecular flexibility index (Phi) is 7.22. The minimum absolute atomic E-state index is 0.0255. The normalized spacial score (nSPS) is 21.1. The molecule has 6 rings (SSSR count). The fourth-order valence-electron chi connectivity index (χ4n) is 6.90. The third-order valence-electron chi connectivity index (χ3n) is 9.01. The smallest absolute Gasteiger partial charge is 0.343 e. The van der Waals surface area contributed by atoms with Crippen LogP contribution in [0.2, 0.25) is 0 Å². The van der Waals surface area contributed by atoms with Crippen molar-refractivity contribution in [3.63, 3.8) is 0 Å². The van der Waals surface area contributed by atoms with Crippen molar-refractivity contribution < 1.29 is 28.6 Å². The van der Waals surface area contributed by atoms with Crippen molar-refractivity contribution in [3.8, 4) is 11.4 Å². The lowest BCUT2D eigenvalue weighted by Crippen LogP contribution is -2.47. The summed E-state index contributed by atoms with van der Waals surface area (Å²) in [7, 11) is 3.76. The molecule has 44 heavy (non-hydrogen) atoms. The summed E-state index contributed by atoms with van der Waals surface area (Å²) in [4.78, 5) is 47.0. The van der Waals surface area contributed by atoms with Gasteiger partial charge in [-0.05, 0) is 83.8 Å². The summed E-state index contributed by atoms with van der Waals surface area (Å²) in [5, 5.41) is 15.3. The number of cyclic esters (lactones) is 1. The number of ether oxygens (including phenoxy) is 2. The number of aryl methyl sites for hydroxylation is 1. The molecule has 0 unspecified atom stereocenters. The Bertz CT molecular complexity index is 1790. The number of amides is 1. The van der Waals surface area contributed by atoms with E-state index >= 15 is 4.39 Å². The summed E-state index contributed by atoms with van der Waals surface area (Å²) in [5.74, 6) is -1.43. The quantitative estimate of drug-likeness (QED) is 0.321. The number of nitrogens with zero attached hydrogens (tertiary/aromatic N) is 3. The highest BCUT2D eigenvalue weighted by Crippen LogP contribution is 2.46. The van der Waals surface area contributed by atoms with E-state index in [1.165, 1.54) is 6.07 Å². The minimum atomic E-state index is -1.96. The van der Waals surface area contributed by atoms with E-state index in [0.29, 0.717) is 41.9 Å². The second-order valence-electron chi connectivity index (χ2n) is 13.4. The molecule has 2 aromatic heterocycles. The van der Waals surface area contributed by atoms with Gasteiger partial charge in [-0.25, -0.2) is 14.2 Å². The molecule has 10 nitrogen and oxygen atoms in total. The third kappa shape index (κ3) is 4.72. The van der Waals surface area contributed by atoms with Crippen LogP contribution in [0.25, 0.3) is 22.3 Å². The number of benzene rings is 1. The predicted molar refractivity (Wildman–Crippen MR) is 162 cm³/mol. The molecular weight excluding hydrogens is 567 g/mol. The van der Waals surface area contributed by atoms with E-state index in [2.05, 4.69) is 5.32 Å². The maximum absolute atomic E-state index is 15.2. The molecule has 1 aliphatic carbocycles. The van der Waals surface area contributed by atoms with Crippen LogP contribution in [0.4, 0.5) is 4.39 Å². The maximum Gasteiger partial charge on any atom is 0.343 e. The fourth-order valence-corrected chi connectivity index (χ4v) is 6.90. The third-order valence-corrected chi connectivity index (χ3v) is 9.01. The van der Waals surface area contributed by atoms with Crippen LogP contribution in [0.5, 0.6) is 0 Å². The number of aliphatic hydroxyl groups is 1. The van der Waals surface area contributed by atoms with E-state index in [1.54, 1.807) is 24.5 Å². The van der Waals surface area contributed by atoms with Crippen molar-refractivity contribution in [2.24, 2.45) is 0 Å². The first kappa shape index (κ1) is 30.4. The monoisotopic (exact) mass is 606 g/mol. The van der Waals surface area contributed by atoms with Gasteiger partial charge in [0.1, 0.15) is 18.5 Å². The number of hydrogen-bond acceptors (Lipinski definition) is 8. The molecule has 3 aliphatic rings. The first-order valence-electron chi connectivity index (χ1n) is 15.1. The first-order valence-corrected chi connectivity index (χ1v) is 15.1. The van der Waals surface area contributed by atoms with Gasteiger partial charge >= 0.3 is 5.97 Å². The van der Waals surface area contributed by atoms with Gasteiger partial charge in [-0.15, -0.1) is 0 Å². The van der Waals surface area contributed by atoms with Gasteiger partial charge in [0.25, 0.3) is 11.5 Å². The number of rotatable bonds is 6. The van der Waals surface area contributed by atoms with Crippen LogP contribution in [0, 0.1) is 12.7 Å². The lowest BCUT2D eigenvalue weighted by Gasteiger charge is -2.33. The minimum Gasteiger partial charge on any atom is -0.458 e. The maximum atomic E-state index is 15.2. The Hall–Kier alpha value is -3.67. The van der Waals surface area contributed by atoms with Crippen LogP contribution in [-0.4, -0.2) is 63.8 Å². The van der Waals surface area contributed by atoms with Gasteiger partial charge in [-0.1, -0.05) is 6.92 Å². The Morgan fingerprint density at radius 1 is 1.27 bits per heavy atom. The number of fused-ring (bicyclic) bond motifs is 5. The zero-order valence-corrected chi connectivity index (χ0v) is 26.3. The highest BCUT2D eigenvalue weighted by molar-refractivity contribution is 5.94. The topological polar surface area (TPSA) is 123 Å². The van der Waals surface area contributed by atoms with E-state index < -0.39 is 29.3 Å². The van der Waals surface area contributed by atoms with Gasteiger partial charge in [0.15, 0.2) is 5.60 Å². The average Bonchev–Trinajstić information content (AvgIpc) is 3.31. The van der Waals surface area contributed by atoms with Gasteiger partial charge in [-0.3, -0.25) is 9.59 Å². The van der Waals surface area contributed by atoms with Crippen LogP contribution in [0.3, 0.4) is 0 Å². The zero-order valence-electron chi connectivity index (χ0n) is 26.3. The van der Waals surface area contributed by atoms with Crippen molar-refractivity contribution in [1.29, 1.82) is 0 Å². The second-order valence-corrected chi connectivity index (χ2v) is 13.4. The van der Waals surface area contributed by atoms with E-state index in [1.807, 2.05) is 39.8 Å². The van der Waals surface area contributed by atoms with Crippen LogP contribution in [0.1, 0.15) is 80.0 Å². The highest BCUT2D eigenvalue weighted by Gasteiger charge is 2.46. The number of carbonyl (C=O) groups excluding carboxylic acids is 2. The molecule has 0 bridgehead atoms. The van der Waals surface area contributed by atoms with E-state index in [4.69, 9.17) is 14.5 Å². The Labute approximate surface area is 255 Å². The molecule has 0 saturated heterocycles. The number of carbonyl (C=O) groups is 2. The molecule has 4 heterocycles. The van der Waals surface area contributed by atoms with Gasteiger partial charge in [0.05, 0.1) is 40.7 Å². The summed E-state index contributed by atoms with van der Waals surface area (Å²) in [6, 6.07) is 2.60. The van der Waals surface area contributed by atoms with Crippen molar-refractivity contribution >= 4 is 22.8 Å². The van der Waals surface area contributed by atoms with Crippen molar-refractivity contribution in [2.75, 3.05) is 20.6 Å². The molecule has 3 atom stereocenters. The average molecular weight is 607 g/mol. The number of esters is 1. The lowest BCUT2D eigenvalue weighted by atomic mass is 9.81. The number of hydrogen-bond donors (Lipinski definition) is 2. The molecule has 0 fully saturated rings. The summed E-state index contributed by atoms with van der Waals surface area (Å²) < 4.78 is 28.1. The molecular formula is C33H39FN4O6. The molecule has 2 aliphatic heterocycles. The van der Waals surface area contributed by atoms with Gasteiger partial charge in [0, 0.05) is 29.1 Å². The largest absolute Gasteiger partial charge is 0.458 e. The molecule has 3 aromatic rings. The highest BCUT2D eigenvalue weighted by atomic mass is 19.1. The SMILES string of the molecule is CC[C@@]1(O)C(=O)OCc2c1cc1n(c2=O)Cc2c-1nc1cc(F)c(C)c3c1c2[C@@H](NC(=O)[C@H](CN(C)C)OC(C)(C)C)CC3. The van der Waals surface area contributed by atoms with E-state index in [0.717, 1.165) is 22.1 Å². The first-order chi connectivity index (χ1) is 20.6. The van der Waals surface area contributed by atoms with Crippen LogP contribution in [0.15, 0.2) is 16.9 Å². The number of aromatic nitrogens is 2. The van der Waals surface area contributed by atoms with Crippen LogP contribution < -0.4 is 10.9 Å². The van der Waals surface area contributed by atoms with Crippen LogP contribution in [-0.2, 0) is 44.2 Å². The molecule has 1 aromatic carbocycles. The van der Waals surface area contributed by atoms with Crippen molar-refractivity contribution in [2.45, 2.75) is 90.4 Å². The molecule has 1 amide bonds. The van der Waals surface area contributed by atoms with Crippen molar-refractivity contribution in [1.82, 2.24) is 19.8 Å². The molecule has 234 valence electrons. The van der Waals surface area contributed by atoms with Gasteiger partial charge in [0.2, 0.25) is 0 Å². The molecule has 0 radical (unpaired) electrons. The number of halogens is 1. The van der Waals surface area contributed by atoms with Gasteiger partial charge < -0.3 is 29.4 Å². The van der Waals surface area contributed by atoms with Crippen LogP contribution >= 0.6 is 0 Å². The molecule has 2 N–H and O–H groups in total. The standard InChI is InChI=1S/C33H39FN4O6/c1-8-33(42)20-11-24-28-18(13-38(24)30(40)19(20)15-43-31(33)41)27-22(36-29(39)25(14-37(6)7)44-32(3,4)5)10-9-17-16(2)21(34)12-23(35-28)26(17)27/h11-12,22,25,42H,8-10,13-15H2,1-7H3,(H,36,39)/t22-,25-,33-/m0/s1. The second kappa shape index (κ2) is 10.5. The van der Waals surface area contributed by atoms with E-state index in [9.17, 15) is 19.5 Å². The summed E-state index contributed by atoms with van der Waals surface area (Å²) in [6.07, 6.45) is 0.361. The van der Waals surface area contributed by atoms with Crippen molar-refractivity contribution in [3.05, 3.63) is 61.7 Å². The number of likely N-dealkylation sites (N-methyl/N-ethyl adjacent to an activating group) is 1. The Morgan fingerprint density at radius 2 is 2.00 bits per heavy atom. The van der Waals surface area contributed by atoms with Gasteiger partial charge in [-0.2, -0.15) is 0 Å². The summed E-state index contributed by atoms with van der Waals surface area (Å²) >= 11 is 0.